The summed E-state index contributed by atoms with van der Waals surface area (Å²) in [6.45, 7) is 0. The van der Waals surface area contributed by atoms with Crippen LogP contribution in [0.15, 0.2) is 60.0 Å². The Kier molecular flexibility index (Phi) is 4.27. The molecule has 1 aliphatic heterocycles. The number of hydrogen-bond acceptors (Lipinski definition) is 6. The lowest BCUT2D eigenvalue weighted by Crippen LogP contribution is -2.26. The summed E-state index contributed by atoms with van der Waals surface area (Å²) in [5, 5.41) is 4.42. The first kappa shape index (κ1) is 17.4. The van der Waals surface area contributed by atoms with E-state index in [4.69, 9.17) is 4.74 Å². The average Bonchev–Trinajstić information content (AvgIpc) is 3.13. The van der Waals surface area contributed by atoms with Gasteiger partial charge in [-0.25, -0.2) is 8.42 Å². The number of aromatic nitrogens is 2. The number of benzene rings is 2. The van der Waals surface area contributed by atoms with Gasteiger partial charge in [0.15, 0.2) is 0 Å². The molecule has 1 aromatic heterocycles. The van der Waals surface area contributed by atoms with E-state index in [0.717, 1.165) is 28.6 Å². The van der Waals surface area contributed by atoms with Gasteiger partial charge in [-0.15, -0.1) is 0 Å². The minimum absolute atomic E-state index is 0.453. The molecule has 0 N–H and O–H groups in total. The highest BCUT2D eigenvalue weighted by Crippen LogP contribution is 2.37. The first-order valence-electron chi connectivity index (χ1n) is 8.38. The van der Waals surface area contributed by atoms with Gasteiger partial charge >= 0.3 is 0 Å². The predicted molar refractivity (Wildman–Crippen MR) is 103 cm³/mol. The van der Waals surface area contributed by atoms with Crippen LogP contribution in [0.2, 0.25) is 0 Å². The molecule has 0 spiro atoms. The first-order valence-corrected chi connectivity index (χ1v) is 10.2. The van der Waals surface area contributed by atoms with Crippen LogP contribution in [0.1, 0.15) is 23.6 Å². The number of rotatable bonds is 4. The van der Waals surface area contributed by atoms with E-state index in [1.54, 1.807) is 19.5 Å². The van der Waals surface area contributed by atoms with Gasteiger partial charge in [-0.05, 0) is 35.9 Å². The van der Waals surface area contributed by atoms with Crippen molar-refractivity contribution >= 4 is 26.8 Å². The smallest absolute Gasteiger partial charge is 0.247 e. The van der Waals surface area contributed by atoms with Crippen LogP contribution < -0.4 is 4.74 Å². The summed E-state index contributed by atoms with van der Waals surface area (Å²) in [5.41, 5.74) is 3.76. The van der Waals surface area contributed by atoms with Crippen molar-refractivity contribution in [3.63, 3.8) is 0 Å². The number of sulfonamides is 1. The molecule has 0 radical (unpaired) electrons. The van der Waals surface area contributed by atoms with Gasteiger partial charge in [-0.1, -0.05) is 12.1 Å². The van der Waals surface area contributed by atoms with Gasteiger partial charge in [0.25, 0.3) is 0 Å². The van der Waals surface area contributed by atoms with Crippen molar-refractivity contribution in [3.8, 4) is 5.75 Å². The second-order valence-electron chi connectivity index (χ2n) is 6.30. The van der Waals surface area contributed by atoms with Crippen LogP contribution in [0.25, 0.3) is 11.0 Å². The highest BCUT2D eigenvalue weighted by Gasteiger charge is 2.35. The number of methoxy groups -OCH3 is 1. The minimum Gasteiger partial charge on any atom is -0.497 e. The van der Waals surface area contributed by atoms with E-state index in [9.17, 15) is 8.42 Å². The predicted octanol–water partition coefficient (Wildman–Crippen LogP) is 2.75. The Bertz CT molecular complexity index is 1120. The zero-order chi connectivity index (χ0) is 19.0. The molecular formula is C19H18N4O3S. The van der Waals surface area contributed by atoms with Gasteiger partial charge in [0.2, 0.25) is 10.0 Å². The van der Waals surface area contributed by atoms with Gasteiger partial charge < -0.3 is 4.74 Å². The third-order valence-corrected chi connectivity index (χ3v) is 5.54. The number of para-hydroxylation sites is 1. The Morgan fingerprint density at radius 2 is 1.81 bits per heavy atom. The topological polar surface area (TPSA) is 84.8 Å². The Morgan fingerprint density at radius 1 is 1.07 bits per heavy atom. The van der Waals surface area contributed by atoms with E-state index in [1.807, 2.05) is 42.5 Å². The van der Waals surface area contributed by atoms with Crippen LogP contribution in [0.5, 0.6) is 5.75 Å². The number of hydrazone groups is 1. The fraction of sp³-hybridized carbons (Fsp3) is 0.211. The van der Waals surface area contributed by atoms with E-state index in [0.29, 0.717) is 17.6 Å². The molecule has 1 atom stereocenters. The molecule has 0 saturated heterocycles. The van der Waals surface area contributed by atoms with Crippen LogP contribution >= 0.6 is 0 Å². The standard InChI is InChI=1S/C19H18N4O3S/c1-26-14-8-6-13(7-9-14)17-12-18(23(22-17)27(2,24)25)15-4-3-5-16-19(15)21-11-10-20-16/h3-11,18H,12H2,1-2H3. The second kappa shape index (κ2) is 6.62. The molecule has 0 amide bonds. The Hall–Kier alpha value is -3.00. The zero-order valence-corrected chi connectivity index (χ0v) is 15.7. The number of ether oxygens (including phenoxy) is 1. The molecule has 1 aliphatic rings. The van der Waals surface area contributed by atoms with Crippen LogP contribution in [-0.2, 0) is 10.0 Å². The highest BCUT2D eigenvalue weighted by molar-refractivity contribution is 7.88. The lowest BCUT2D eigenvalue weighted by molar-refractivity contribution is 0.376. The normalized spacial score (nSPS) is 17.2. The maximum absolute atomic E-state index is 12.4. The number of fused-ring (bicyclic) bond motifs is 1. The summed E-state index contributed by atoms with van der Waals surface area (Å²) in [7, 11) is -1.95. The molecule has 3 aromatic rings. The zero-order valence-electron chi connectivity index (χ0n) is 14.9. The van der Waals surface area contributed by atoms with Crippen LogP contribution in [0.3, 0.4) is 0 Å². The summed E-state index contributed by atoms with van der Waals surface area (Å²) < 4.78 is 31.1. The first-order chi connectivity index (χ1) is 13.0. The minimum atomic E-state index is -3.55. The van der Waals surface area contributed by atoms with Crippen molar-refractivity contribution in [3.05, 3.63) is 66.0 Å². The maximum atomic E-state index is 12.4. The van der Waals surface area contributed by atoms with E-state index in [2.05, 4.69) is 15.1 Å². The second-order valence-corrected chi connectivity index (χ2v) is 8.14. The monoisotopic (exact) mass is 382 g/mol. The fourth-order valence-corrected chi connectivity index (χ4v) is 4.17. The van der Waals surface area contributed by atoms with Gasteiger partial charge in [0.1, 0.15) is 5.75 Å². The Balaban J connectivity index is 1.79. The highest BCUT2D eigenvalue weighted by atomic mass is 32.2. The summed E-state index contributed by atoms with van der Waals surface area (Å²) in [6.07, 6.45) is 4.84. The molecule has 7 nitrogen and oxygen atoms in total. The van der Waals surface area contributed by atoms with E-state index in [1.165, 1.54) is 4.41 Å². The maximum Gasteiger partial charge on any atom is 0.247 e. The molecule has 2 aromatic carbocycles. The van der Waals surface area contributed by atoms with Crippen molar-refractivity contribution in [1.82, 2.24) is 14.4 Å². The molecule has 0 saturated carbocycles. The molecule has 1 unspecified atom stereocenters. The van der Waals surface area contributed by atoms with Crippen molar-refractivity contribution in [2.75, 3.05) is 13.4 Å². The summed E-state index contributed by atoms with van der Waals surface area (Å²) in [6, 6.07) is 12.6. The third kappa shape index (κ3) is 3.23. The number of hydrogen-bond donors (Lipinski definition) is 0. The molecule has 4 rings (SSSR count). The lowest BCUT2D eigenvalue weighted by Gasteiger charge is -2.22. The summed E-state index contributed by atoms with van der Waals surface area (Å²) in [4.78, 5) is 8.73. The Morgan fingerprint density at radius 3 is 2.52 bits per heavy atom. The quantitative estimate of drug-likeness (QED) is 0.693. The molecule has 27 heavy (non-hydrogen) atoms. The van der Waals surface area contributed by atoms with Crippen molar-refractivity contribution in [1.29, 1.82) is 0 Å². The average molecular weight is 382 g/mol. The van der Waals surface area contributed by atoms with Gasteiger partial charge in [-0.3, -0.25) is 9.97 Å². The molecule has 0 aliphatic carbocycles. The molecule has 0 fully saturated rings. The fourth-order valence-electron chi connectivity index (χ4n) is 3.27. The molecule has 8 heteroatoms. The van der Waals surface area contributed by atoms with E-state index < -0.39 is 16.1 Å². The van der Waals surface area contributed by atoms with Crippen LogP contribution in [0, 0.1) is 0 Å². The van der Waals surface area contributed by atoms with Crippen molar-refractivity contribution < 1.29 is 13.2 Å². The molecular weight excluding hydrogens is 364 g/mol. The van der Waals surface area contributed by atoms with Gasteiger partial charge in [0.05, 0.1) is 36.2 Å². The largest absolute Gasteiger partial charge is 0.497 e. The summed E-state index contributed by atoms with van der Waals surface area (Å²) in [5.74, 6) is 0.734. The van der Waals surface area contributed by atoms with Crippen molar-refractivity contribution in [2.24, 2.45) is 5.10 Å². The summed E-state index contributed by atoms with van der Waals surface area (Å²) >= 11 is 0. The van der Waals surface area contributed by atoms with Crippen LogP contribution in [-0.4, -0.2) is 41.9 Å². The van der Waals surface area contributed by atoms with Gasteiger partial charge in [0, 0.05) is 24.4 Å². The Labute approximate surface area is 157 Å². The lowest BCUT2D eigenvalue weighted by atomic mass is 9.98. The molecule has 0 bridgehead atoms. The van der Waals surface area contributed by atoms with E-state index >= 15 is 0 Å². The van der Waals surface area contributed by atoms with Crippen LogP contribution in [0.4, 0.5) is 0 Å². The third-order valence-electron chi connectivity index (χ3n) is 4.52. The van der Waals surface area contributed by atoms with E-state index in [-0.39, 0.29) is 0 Å². The van der Waals surface area contributed by atoms with Gasteiger partial charge in [-0.2, -0.15) is 9.52 Å². The number of nitrogens with zero attached hydrogens (tertiary/aromatic N) is 4. The molecule has 138 valence electrons. The SMILES string of the molecule is COc1ccc(C2=NN(S(C)(=O)=O)C(c3cccc4nccnc34)C2)cc1. The molecule has 2 heterocycles. The van der Waals surface area contributed by atoms with Crippen molar-refractivity contribution in [2.45, 2.75) is 12.5 Å².